The van der Waals surface area contributed by atoms with E-state index in [4.69, 9.17) is 31.9 Å². The summed E-state index contributed by atoms with van der Waals surface area (Å²) in [4.78, 5) is 43.4. The number of carboxylic acid groups (broad SMARTS) is 4. The van der Waals surface area contributed by atoms with Crippen LogP contribution in [-0.4, -0.2) is 79.5 Å². The van der Waals surface area contributed by atoms with E-state index in [0.29, 0.717) is 0 Å². The van der Waals surface area contributed by atoms with Gasteiger partial charge in [0.05, 0.1) is 31.3 Å². The Kier molecular flexibility index (Phi) is 13.0. The van der Waals surface area contributed by atoms with Gasteiger partial charge in [-0.3, -0.25) is 19.2 Å². The Bertz CT molecular complexity index is 417. The Labute approximate surface area is 164 Å². The van der Waals surface area contributed by atoms with Crippen LogP contribution >= 0.6 is 0 Å². The van der Waals surface area contributed by atoms with Gasteiger partial charge in [-0.1, -0.05) is 0 Å². The topological polar surface area (TPSA) is 201 Å². The zero-order valence-electron chi connectivity index (χ0n) is 11.5. The van der Waals surface area contributed by atoms with Crippen molar-refractivity contribution in [3.63, 3.8) is 0 Å². The van der Waals surface area contributed by atoms with Crippen molar-refractivity contribution in [2.45, 2.75) is 37.8 Å². The third-order valence-electron chi connectivity index (χ3n) is 2.76. The predicted molar refractivity (Wildman–Crippen MR) is 74.3 cm³/mol. The molecular weight excluding hydrogens is 366 g/mol. The van der Waals surface area contributed by atoms with Crippen molar-refractivity contribution in [2.24, 2.45) is 16.9 Å². The van der Waals surface area contributed by atoms with E-state index in [2.05, 4.69) is 0 Å². The Morgan fingerprint density at radius 3 is 1.17 bits per heavy atom. The summed E-state index contributed by atoms with van der Waals surface area (Å²) in [7, 11) is 0. The normalized spacial score (nSPS) is 10.9. The van der Waals surface area contributed by atoms with Crippen molar-refractivity contribution in [2.75, 3.05) is 0 Å². The van der Waals surface area contributed by atoms with E-state index in [0.717, 1.165) is 0 Å². The van der Waals surface area contributed by atoms with E-state index in [9.17, 15) is 19.2 Å². The van der Waals surface area contributed by atoms with Crippen molar-refractivity contribution in [1.29, 1.82) is 0 Å². The molecule has 0 atom stereocenters. The molecule has 0 saturated heterocycles. The summed E-state index contributed by atoms with van der Waals surface area (Å²) < 4.78 is 0. The van der Waals surface area contributed by atoms with E-state index in [-0.39, 0.29) is 46.6 Å². The van der Waals surface area contributed by atoms with Gasteiger partial charge in [0.1, 0.15) is 0 Å². The van der Waals surface area contributed by atoms with Gasteiger partial charge in [0.15, 0.2) is 0 Å². The Morgan fingerprint density at radius 1 is 0.696 bits per heavy atom. The average molecular weight is 385 g/mol. The zero-order valence-corrected chi connectivity index (χ0v) is 12.7. The molecule has 0 aliphatic rings. The van der Waals surface area contributed by atoms with E-state index in [1.54, 1.807) is 0 Å². The van der Waals surface area contributed by atoms with Crippen LogP contribution in [0.3, 0.4) is 0 Å². The predicted octanol–water partition coefficient (Wildman–Crippen LogP) is -1.78. The number of aliphatic carboxylic acids is 4. The molecule has 0 spiro atoms. The van der Waals surface area contributed by atoms with Crippen molar-refractivity contribution >= 4 is 53.4 Å². The Morgan fingerprint density at radius 2 is 0.957 bits per heavy atom. The second kappa shape index (κ2) is 11.0. The van der Waals surface area contributed by atoms with Crippen LogP contribution in [-0.2, 0) is 36.2 Å². The van der Waals surface area contributed by atoms with Gasteiger partial charge in [0.2, 0.25) is 0 Å². The quantitative estimate of drug-likeness (QED) is 0.184. The number of rotatable bonds is 10. The second-order valence-electron chi connectivity index (χ2n) is 5.19. The molecule has 0 aromatic heterocycles. The van der Waals surface area contributed by atoms with Gasteiger partial charge in [0, 0.05) is 22.5 Å². The van der Waals surface area contributed by atoms with Gasteiger partial charge in [-0.15, -0.1) is 0 Å². The summed E-state index contributed by atoms with van der Waals surface area (Å²) in [6.45, 7) is 0. The minimum absolute atomic E-state index is 0. The van der Waals surface area contributed by atoms with Gasteiger partial charge in [-0.05, 0) is 6.42 Å². The molecule has 129 valence electrons. The van der Waals surface area contributed by atoms with Gasteiger partial charge in [-0.25, -0.2) is 0 Å². The van der Waals surface area contributed by atoms with Gasteiger partial charge >= 0.3 is 53.4 Å². The standard InChI is InChI=1S/C11H18N2O8.Mn.Na.H/c12-11(13,4-9(20)21)5-10(1-6(14)15,2-7(16)17)3-8(18)19;;;/h1-5,12-13H2,(H,14,15)(H,16,17)(H,18,19)(H,20,21);;;. The van der Waals surface area contributed by atoms with Crippen LogP contribution in [0.1, 0.15) is 32.1 Å². The molecule has 0 amide bonds. The molecule has 12 heteroatoms. The van der Waals surface area contributed by atoms with Crippen LogP contribution in [0.4, 0.5) is 0 Å². The summed E-state index contributed by atoms with van der Waals surface area (Å²) in [6.07, 6.45) is -3.74. The summed E-state index contributed by atoms with van der Waals surface area (Å²) >= 11 is 0. The number of carbonyl (C=O) groups is 4. The number of nitrogens with two attached hydrogens (primary N) is 2. The molecule has 8 N–H and O–H groups in total. The van der Waals surface area contributed by atoms with Crippen LogP contribution in [0.2, 0.25) is 0 Å². The molecule has 1 radical (unpaired) electrons. The fourth-order valence-electron chi connectivity index (χ4n) is 2.38. The molecule has 0 rings (SSSR count). The molecule has 23 heavy (non-hydrogen) atoms. The molecule has 0 heterocycles. The van der Waals surface area contributed by atoms with Crippen LogP contribution < -0.4 is 11.5 Å². The molecule has 0 fully saturated rings. The first-order chi connectivity index (χ1) is 9.37. The van der Waals surface area contributed by atoms with Crippen LogP contribution in [0.15, 0.2) is 0 Å². The van der Waals surface area contributed by atoms with E-state index in [1.165, 1.54) is 0 Å². The summed E-state index contributed by atoms with van der Waals surface area (Å²) in [5.41, 5.74) is 7.40. The second-order valence-corrected chi connectivity index (χ2v) is 5.19. The first-order valence-electron chi connectivity index (χ1n) is 5.82. The monoisotopic (exact) mass is 385 g/mol. The summed E-state index contributed by atoms with van der Waals surface area (Å²) in [5.74, 6) is -5.65. The van der Waals surface area contributed by atoms with Crippen LogP contribution in [0, 0.1) is 5.41 Å². The number of hydrogen-bond acceptors (Lipinski definition) is 6. The fraction of sp³-hybridized carbons (Fsp3) is 0.636. The maximum atomic E-state index is 10.9. The van der Waals surface area contributed by atoms with E-state index in [1.807, 2.05) is 0 Å². The summed E-state index contributed by atoms with van der Waals surface area (Å²) in [5, 5.41) is 35.3. The van der Waals surface area contributed by atoms with E-state index < -0.39 is 67.1 Å². The van der Waals surface area contributed by atoms with Crippen molar-refractivity contribution in [3.05, 3.63) is 0 Å². The molecule has 10 nitrogen and oxygen atoms in total. The fourth-order valence-corrected chi connectivity index (χ4v) is 2.38. The molecule has 0 aliphatic carbocycles. The molecule has 0 aromatic carbocycles. The Balaban J connectivity index is -0.00000200. The van der Waals surface area contributed by atoms with Gasteiger partial charge < -0.3 is 31.9 Å². The van der Waals surface area contributed by atoms with Crippen molar-refractivity contribution in [1.82, 2.24) is 0 Å². The SMILES string of the molecule is NC(N)(CC(=O)O)CC(CC(=O)O)(CC(=O)O)CC(=O)O.[Mn].[NaH]. The third kappa shape index (κ3) is 12.4. The van der Waals surface area contributed by atoms with Crippen molar-refractivity contribution in [3.8, 4) is 0 Å². The number of carboxylic acids is 4. The Hall–Kier alpha value is -0.681. The molecule has 0 aliphatic heterocycles. The summed E-state index contributed by atoms with van der Waals surface area (Å²) in [6, 6.07) is 0. The molecule has 0 saturated carbocycles. The first kappa shape index (κ1) is 27.2. The van der Waals surface area contributed by atoms with Crippen molar-refractivity contribution < 1.29 is 56.7 Å². The number of hydrogen-bond donors (Lipinski definition) is 6. The average Bonchev–Trinajstić information content (AvgIpc) is 2.07. The van der Waals surface area contributed by atoms with Gasteiger partial charge in [-0.2, -0.15) is 0 Å². The molecule has 0 bridgehead atoms. The zero-order chi connectivity index (χ0) is 16.8. The van der Waals surface area contributed by atoms with E-state index >= 15 is 0 Å². The minimum atomic E-state index is -1.92. The van der Waals surface area contributed by atoms with Gasteiger partial charge in [0.25, 0.3) is 0 Å². The maximum absolute atomic E-state index is 10.9. The van der Waals surface area contributed by atoms with Crippen LogP contribution in [0.25, 0.3) is 0 Å². The molecule has 0 unspecified atom stereocenters. The van der Waals surface area contributed by atoms with Crippen LogP contribution in [0.5, 0.6) is 0 Å². The molecular formula is C11H19MnN2NaO8. The molecule has 0 aromatic rings. The third-order valence-corrected chi connectivity index (χ3v) is 2.76. The first-order valence-corrected chi connectivity index (χ1v) is 5.82.